The number of rotatable bonds is 7. The van der Waals surface area contributed by atoms with Crippen LogP contribution in [0.5, 0.6) is 5.75 Å². The van der Waals surface area contributed by atoms with E-state index < -0.39 is 11.4 Å². The van der Waals surface area contributed by atoms with Crippen LogP contribution in [-0.4, -0.2) is 41.8 Å². The predicted molar refractivity (Wildman–Crippen MR) is 118 cm³/mol. The Kier molecular flexibility index (Phi) is 6.50. The zero-order valence-corrected chi connectivity index (χ0v) is 18.0. The van der Waals surface area contributed by atoms with E-state index in [1.54, 1.807) is 0 Å². The average molecular weight is 439 g/mol. The van der Waals surface area contributed by atoms with Gasteiger partial charge in [-0.1, -0.05) is 12.1 Å². The zero-order chi connectivity index (χ0) is 22.6. The number of nitrogens with one attached hydrogen (secondary N) is 1. The van der Waals surface area contributed by atoms with E-state index in [0.29, 0.717) is 31.9 Å². The summed E-state index contributed by atoms with van der Waals surface area (Å²) in [5, 5.41) is 3.13. The third-order valence-corrected chi connectivity index (χ3v) is 5.95. The average Bonchev–Trinajstić information content (AvgIpc) is 2.81. The van der Waals surface area contributed by atoms with Gasteiger partial charge in [0.05, 0.1) is 23.8 Å². The van der Waals surface area contributed by atoms with Gasteiger partial charge in [0.25, 0.3) is 5.56 Å². The minimum atomic E-state index is -0.518. The molecule has 0 atom stereocenters. The first kappa shape index (κ1) is 22.0. The van der Waals surface area contributed by atoms with Crippen LogP contribution < -0.4 is 15.6 Å². The fraction of sp³-hybridized carbons (Fsp3) is 0.375. The van der Waals surface area contributed by atoms with Gasteiger partial charge in [0, 0.05) is 25.2 Å². The first-order valence-electron chi connectivity index (χ1n) is 10.7. The summed E-state index contributed by atoms with van der Waals surface area (Å²) in [6.45, 7) is 4.01. The molecule has 1 aromatic heterocycles. The molecule has 7 nitrogen and oxygen atoms in total. The lowest BCUT2D eigenvalue weighted by molar-refractivity contribution is -0.122. The third kappa shape index (κ3) is 4.65. The lowest BCUT2D eigenvalue weighted by atomic mass is 9.74. The molecule has 2 aromatic carbocycles. The minimum Gasteiger partial charge on any atom is -0.494 e. The van der Waals surface area contributed by atoms with Crippen LogP contribution >= 0.6 is 0 Å². The van der Waals surface area contributed by atoms with Crippen molar-refractivity contribution in [3.8, 4) is 5.75 Å². The second kappa shape index (κ2) is 9.48. The van der Waals surface area contributed by atoms with Gasteiger partial charge in [-0.05, 0) is 55.7 Å². The molecule has 1 amide bonds. The summed E-state index contributed by atoms with van der Waals surface area (Å²) in [6.07, 6.45) is 2.87. The predicted octanol–water partition coefficient (Wildman–Crippen LogP) is 2.80. The number of halogens is 1. The Morgan fingerprint density at radius 3 is 2.69 bits per heavy atom. The molecule has 0 spiro atoms. The van der Waals surface area contributed by atoms with Crippen molar-refractivity contribution in [3.63, 3.8) is 0 Å². The summed E-state index contributed by atoms with van der Waals surface area (Å²) in [5.41, 5.74) is 0.806. The Labute approximate surface area is 185 Å². The molecule has 4 rings (SSSR count). The van der Waals surface area contributed by atoms with Crippen molar-refractivity contribution in [2.45, 2.75) is 31.7 Å². The number of amides is 1. The molecule has 0 unspecified atom stereocenters. The summed E-state index contributed by atoms with van der Waals surface area (Å²) in [5.74, 6) is -0.0148. The summed E-state index contributed by atoms with van der Waals surface area (Å²) in [6, 6.07) is 11.8. The van der Waals surface area contributed by atoms with Gasteiger partial charge in [-0.3, -0.25) is 14.2 Å². The lowest BCUT2D eigenvalue weighted by Crippen LogP contribution is -2.45. The van der Waals surface area contributed by atoms with Crippen LogP contribution in [0.25, 0.3) is 10.9 Å². The number of fused-ring (bicyclic) bond motifs is 1. The van der Waals surface area contributed by atoms with Crippen LogP contribution in [-0.2, 0) is 21.5 Å². The van der Waals surface area contributed by atoms with E-state index in [1.165, 1.54) is 23.0 Å². The monoisotopic (exact) mass is 439 g/mol. The molecule has 1 fully saturated rings. The van der Waals surface area contributed by atoms with Crippen molar-refractivity contribution in [1.82, 2.24) is 14.9 Å². The van der Waals surface area contributed by atoms with Crippen LogP contribution in [0.2, 0.25) is 0 Å². The molecule has 8 heteroatoms. The molecule has 1 aliphatic rings. The fourth-order valence-electron chi connectivity index (χ4n) is 4.12. The van der Waals surface area contributed by atoms with E-state index in [0.717, 1.165) is 30.2 Å². The fourth-order valence-corrected chi connectivity index (χ4v) is 4.12. The Balaban J connectivity index is 1.49. The highest BCUT2D eigenvalue weighted by molar-refractivity contribution is 5.79. The van der Waals surface area contributed by atoms with Gasteiger partial charge in [0.15, 0.2) is 0 Å². The number of carbonyl (C=O) groups excluding carboxylic acids is 1. The molecule has 0 radical (unpaired) electrons. The molecule has 0 bridgehead atoms. The molecule has 2 heterocycles. The molecule has 1 saturated heterocycles. The van der Waals surface area contributed by atoms with E-state index in [1.807, 2.05) is 31.2 Å². The lowest BCUT2D eigenvalue weighted by Gasteiger charge is -2.38. The molecule has 0 aliphatic carbocycles. The summed E-state index contributed by atoms with van der Waals surface area (Å²) in [7, 11) is 0. The first-order chi connectivity index (χ1) is 15.5. The molecular formula is C24H26FN3O4. The van der Waals surface area contributed by atoms with Crippen LogP contribution in [0.4, 0.5) is 4.39 Å². The largest absolute Gasteiger partial charge is 0.494 e. The Bertz CT molecular complexity index is 1150. The standard InChI is InChI=1S/C24H26FN3O4/c1-2-32-19-6-3-17(4-7-19)24(9-11-31-12-10-24)15-26-22(29)14-28-16-27-21-8-5-18(25)13-20(21)23(28)30/h3-8,13,16H,2,9-12,14-15H2,1H3,(H,26,29). The van der Waals surface area contributed by atoms with Crippen molar-refractivity contribution in [1.29, 1.82) is 0 Å². The number of hydrogen-bond acceptors (Lipinski definition) is 5. The maximum atomic E-state index is 13.5. The third-order valence-electron chi connectivity index (χ3n) is 5.95. The van der Waals surface area contributed by atoms with Crippen LogP contribution in [0, 0.1) is 5.82 Å². The van der Waals surface area contributed by atoms with Crippen molar-refractivity contribution < 1.29 is 18.7 Å². The topological polar surface area (TPSA) is 82.5 Å². The minimum absolute atomic E-state index is 0.149. The van der Waals surface area contributed by atoms with E-state index in [2.05, 4.69) is 10.3 Å². The van der Waals surface area contributed by atoms with Gasteiger partial charge >= 0.3 is 0 Å². The normalized spacial score (nSPS) is 15.4. The quantitative estimate of drug-likeness (QED) is 0.612. The van der Waals surface area contributed by atoms with Crippen LogP contribution in [0.1, 0.15) is 25.3 Å². The number of nitrogens with zero attached hydrogens (tertiary/aromatic N) is 2. The second-order valence-corrected chi connectivity index (χ2v) is 7.97. The second-order valence-electron chi connectivity index (χ2n) is 7.97. The highest BCUT2D eigenvalue weighted by Gasteiger charge is 2.35. The van der Waals surface area contributed by atoms with Gasteiger partial charge in [0.1, 0.15) is 18.1 Å². The number of aromatic nitrogens is 2. The molecular weight excluding hydrogens is 413 g/mol. The highest BCUT2D eigenvalue weighted by Crippen LogP contribution is 2.35. The zero-order valence-electron chi connectivity index (χ0n) is 18.0. The SMILES string of the molecule is CCOc1ccc(C2(CNC(=O)Cn3cnc4ccc(F)cc4c3=O)CCOCC2)cc1. The number of hydrogen-bond donors (Lipinski definition) is 1. The molecule has 3 aromatic rings. The Morgan fingerprint density at radius 2 is 1.97 bits per heavy atom. The van der Waals surface area contributed by atoms with Crippen LogP contribution in [0.3, 0.4) is 0 Å². The maximum Gasteiger partial charge on any atom is 0.261 e. The van der Waals surface area contributed by atoms with E-state index in [9.17, 15) is 14.0 Å². The molecule has 1 N–H and O–H groups in total. The van der Waals surface area contributed by atoms with E-state index in [-0.39, 0.29) is 23.3 Å². The van der Waals surface area contributed by atoms with Crippen molar-refractivity contribution in [3.05, 3.63) is 70.5 Å². The van der Waals surface area contributed by atoms with Gasteiger partial charge in [-0.2, -0.15) is 0 Å². The van der Waals surface area contributed by atoms with Gasteiger partial charge < -0.3 is 14.8 Å². The van der Waals surface area contributed by atoms with E-state index in [4.69, 9.17) is 9.47 Å². The molecule has 1 aliphatic heterocycles. The molecule has 32 heavy (non-hydrogen) atoms. The first-order valence-corrected chi connectivity index (χ1v) is 10.7. The van der Waals surface area contributed by atoms with Gasteiger partial charge in [0.2, 0.25) is 5.91 Å². The number of carbonyl (C=O) groups is 1. The highest BCUT2D eigenvalue weighted by atomic mass is 19.1. The molecule has 0 saturated carbocycles. The number of benzene rings is 2. The Morgan fingerprint density at radius 1 is 1.22 bits per heavy atom. The van der Waals surface area contributed by atoms with Gasteiger partial charge in [-0.15, -0.1) is 0 Å². The number of ether oxygens (including phenoxy) is 2. The van der Waals surface area contributed by atoms with Crippen molar-refractivity contribution in [2.75, 3.05) is 26.4 Å². The van der Waals surface area contributed by atoms with Gasteiger partial charge in [-0.25, -0.2) is 9.37 Å². The molecule has 168 valence electrons. The summed E-state index contributed by atoms with van der Waals surface area (Å²) >= 11 is 0. The summed E-state index contributed by atoms with van der Waals surface area (Å²) in [4.78, 5) is 29.5. The summed E-state index contributed by atoms with van der Waals surface area (Å²) < 4.78 is 25.8. The van der Waals surface area contributed by atoms with Crippen molar-refractivity contribution in [2.24, 2.45) is 0 Å². The van der Waals surface area contributed by atoms with E-state index >= 15 is 0 Å². The maximum absolute atomic E-state index is 13.5. The van der Waals surface area contributed by atoms with Crippen molar-refractivity contribution >= 4 is 16.8 Å². The van der Waals surface area contributed by atoms with Crippen LogP contribution in [0.15, 0.2) is 53.6 Å². The smallest absolute Gasteiger partial charge is 0.261 e. The Hall–Kier alpha value is -3.26.